The van der Waals surface area contributed by atoms with Crippen LogP contribution in [0.15, 0.2) is 24.3 Å². The molecule has 0 spiro atoms. The fourth-order valence-electron chi connectivity index (χ4n) is 2.48. The number of amides is 1. The number of nitrogens with two attached hydrogens (primary N) is 1. The van der Waals surface area contributed by atoms with Crippen molar-refractivity contribution in [2.75, 3.05) is 7.05 Å². The van der Waals surface area contributed by atoms with E-state index in [0.29, 0.717) is 5.56 Å². The molecule has 2 rings (SSSR count). The Hall–Kier alpha value is -1.42. The van der Waals surface area contributed by atoms with Gasteiger partial charge < -0.3 is 10.6 Å². The Bertz CT molecular complexity index is 428. The predicted molar refractivity (Wildman–Crippen MR) is 68.7 cm³/mol. The lowest BCUT2D eigenvalue weighted by Crippen LogP contribution is -2.41. The van der Waals surface area contributed by atoms with Crippen molar-refractivity contribution in [3.05, 3.63) is 35.6 Å². The summed E-state index contributed by atoms with van der Waals surface area (Å²) >= 11 is 0. The highest BCUT2D eigenvalue weighted by Gasteiger charge is 2.25. The molecule has 18 heavy (non-hydrogen) atoms. The fraction of sp³-hybridized carbons (Fsp3) is 0.500. The van der Waals surface area contributed by atoms with Gasteiger partial charge in [-0.2, -0.15) is 0 Å². The molecule has 1 aliphatic rings. The molecule has 0 saturated heterocycles. The summed E-state index contributed by atoms with van der Waals surface area (Å²) in [6.07, 6.45) is 3.76. The fourth-order valence-corrected chi connectivity index (χ4v) is 2.48. The Kier molecular flexibility index (Phi) is 3.97. The van der Waals surface area contributed by atoms with Gasteiger partial charge in [0.2, 0.25) is 0 Å². The molecular weight excluding hydrogens is 231 g/mol. The lowest BCUT2D eigenvalue weighted by atomic mass is 9.90. The van der Waals surface area contributed by atoms with Crippen molar-refractivity contribution in [2.24, 2.45) is 5.73 Å². The largest absolute Gasteiger partial charge is 0.339 e. The molecule has 0 radical (unpaired) electrons. The number of benzene rings is 1. The van der Waals surface area contributed by atoms with Crippen molar-refractivity contribution in [1.82, 2.24) is 4.90 Å². The minimum atomic E-state index is -0.375. The molecule has 1 amide bonds. The summed E-state index contributed by atoms with van der Waals surface area (Å²) in [4.78, 5) is 13.9. The van der Waals surface area contributed by atoms with Gasteiger partial charge in [0.05, 0.1) is 0 Å². The van der Waals surface area contributed by atoms with Crippen LogP contribution in [0.25, 0.3) is 0 Å². The maximum absolute atomic E-state index is 13.1. The predicted octanol–water partition coefficient (Wildman–Crippen LogP) is 2.17. The van der Waals surface area contributed by atoms with E-state index in [-0.39, 0.29) is 23.8 Å². The van der Waals surface area contributed by atoms with Gasteiger partial charge in [-0.05, 0) is 43.9 Å². The molecule has 1 aromatic rings. The van der Waals surface area contributed by atoms with E-state index in [1.165, 1.54) is 12.1 Å². The minimum absolute atomic E-state index is 0.116. The summed E-state index contributed by atoms with van der Waals surface area (Å²) in [5.74, 6) is -0.491. The Balaban J connectivity index is 2.04. The minimum Gasteiger partial charge on any atom is -0.339 e. The van der Waals surface area contributed by atoms with Crippen LogP contribution in [0.5, 0.6) is 0 Å². The third-order valence-corrected chi connectivity index (χ3v) is 3.68. The first-order chi connectivity index (χ1) is 8.58. The van der Waals surface area contributed by atoms with Crippen LogP contribution in [0.3, 0.4) is 0 Å². The van der Waals surface area contributed by atoms with Crippen LogP contribution in [0.1, 0.15) is 36.0 Å². The summed E-state index contributed by atoms with van der Waals surface area (Å²) in [5.41, 5.74) is 6.26. The lowest BCUT2D eigenvalue weighted by Gasteiger charge is -2.33. The molecule has 1 saturated carbocycles. The molecule has 1 aromatic carbocycles. The van der Waals surface area contributed by atoms with Gasteiger partial charge in [-0.1, -0.05) is 6.07 Å². The molecule has 0 atom stereocenters. The maximum Gasteiger partial charge on any atom is 0.253 e. The average molecular weight is 250 g/mol. The van der Waals surface area contributed by atoms with Crippen molar-refractivity contribution in [2.45, 2.75) is 37.8 Å². The van der Waals surface area contributed by atoms with E-state index in [2.05, 4.69) is 0 Å². The van der Waals surface area contributed by atoms with Gasteiger partial charge in [0, 0.05) is 24.7 Å². The zero-order chi connectivity index (χ0) is 13.1. The Labute approximate surface area is 107 Å². The Morgan fingerprint density at radius 2 is 2.00 bits per heavy atom. The first-order valence-electron chi connectivity index (χ1n) is 6.36. The molecule has 98 valence electrons. The van der Waals surface area contributed by atoms with Gasteiger partial charge in [-0.25, -0.2) is 4.39 Å². The molecule has 2 N–H and O–H groups in total. The summed E-state index contributed by atoms with van der Waals surface area (Å²) in [5, 5.41) is 0. The molecule has 0 bridgehead atoms. The van der Waals surface area contributed by atoms with Crippen LogP contribution in [0.2, 0.25) is 0 Å². The first kappa shape index (κ1) is 13.0. The van der Waals surface area contributed by atoms with E-state index in [1.54, 1.807) is 24.1 Å². The molecule has 0 aromatic heterocycles. The molecule has 0 aliphatic heterocycles. The molecule has 0 heterocycles. The van der Waals surface area contributed by atoms with Crippen LogP contribution in [0, 0.1) is 5.82 Å². The third kappa shape index (κ3) is 2.88. The average Bonchev–Trinajstić information content (AvgIpc) is 2.38. The summed E-state index contributed by atoms with van der Waals surface area (Å²) in [7, 11) is 1.79. The topological polar surface area (TPSA) is 46.3 Å². The number of hydrogen-bond acceptors (Lipinski definition) is 2. The van der Waals surface area contributed by atoms with E-state index < -0.39 is 0 Å². The van der Waals surface area contributed by atoms with E-state index in [9.17, 15) is 9.18 Å². The van der Waals surface area contributed by atoms with Crippen molar-refractivity contribution in [3.8, 4) is 0 Å². The van der Waals surface area contributed by atoms with Crippen molar-refractivity contribution in [1.29, 1.82) is 0 Å². The van der Waals surface area contributed by atoms with Gasteiger partial charge in [0.15, 0.2) is 0 Å². The summed E-state index contributed by atoms with van der Waals surface area (Å²) < 4.78 is 13.1. The molecule has 4 heteroatoms. The summed E-state index contributed by atoms with van der Waals surface area (Å²) in [6, 6.07) is 6.33. The van der Waals surface area contributed by atoms with Gasteiger partial charge in [0.1, 0.15) is 5.82 Å². The number of rotatable bonds is 2. The van der Waals surface area contributed by atoms with E-state index >= 15 is 0 Å². The second kappa shape index (κ2) is 5.48. The molecule has 0 unspecified atom stereocenters. The van der Waals surface area contributed by atoms with E-state index in [1.807, 2.05) is 0 Å². The SMILES string of the molecule is CN(C(=O)c1cccc(F)c1)C1CCC(N)CC1. The van der Waals surface area contributed by atoms with Crippen molar-refractivity contribution < 1.29 is 9.18 Å². The van der Waals surface area contributed by atoms with Crippen LogP contribution in [-0.4, -0.2) is 29.9 Å². The highest BCUT2D eigenvalue weighted by molar-refractivity contribution is 5.94. The monoisotopic (exact) mass is 250 g/mol. The number of hydrogen-bond donors (Lipinski definition) is 1. The number of nitrogens with zero attached hydrogens (tertiary/aromatic N) is 1. The zero-order valence-electron chi connectivity index (χ0n) is 10.6. The second-order valence-corrected chi connectivity index (χ2v) is 5.00. The number of halogens is 1. The van der Waals surface area contributed by atoms with Gasteiger partial charge in [-0.3, -0.25) is 4.79 Å². The molecule has 3 nitrogen and oxygen atoms in total. The Morgan fingerprint density at radius 1 is 1.33 bits per heavy atom. The van der Waals surface area contributed by atoms with Crippen LogP contribution >= 0.6 is 0 Å². The van der Waals surface area contributed by atoms with Gasteiger partial charge in [0.25, 0.3) is 5.91 Å². The quantitative estimate of drug-likeness (QED) is 0.874. The van der Waals surface area contributed by atoms with Crippen molar-refractivity contribution in [3.63, 3.8) is 0 Å². The maximum atomic E-state index is 13.1. The lowest BCUT2D eigenvalue weighted by molar-refractivity contribution is 0.0689. The van der Waals surface area contributed by atoms with E-state index in [0.717, 1.165) is 25.7 Å². The summed E-state index contributed by atoms with van der Waals surface area (Å²) in [6.45, 7) is 0. The van der Waals surface area contributed by atoms with Crippen LogP contribution in [0.4, 0.5) is 4.39 Å². The standard InChI is InChI=1S/C14H19FN2O/c1-17(13-7-5-12(16)6-8-13)14(18)10-3-2-4-11(15)9-10/h2-4,9,12-13H,5-8,16H2,1H3. The molecular formula is C14H19FN2O. The second-order valence-electron chi connectivity index (χ2n) is 5.00. The van der Waals surface area contributed by atoms with Crippen molar-refractivity contribution >= 4 is 5.91 Å². The van der Waals surface area contributed by atoms with Crippen LogP contribution in [-0.2, 0) is 0 Å². The van der Waals surface area contributed by atoms with Gasteiger partial charge in [-0.15, -0.1) is 0 Å². The first-order valence-corrected chi connectivity index (χ1v) is 6.36. The zero-order valence-corrected chi connectivity index (χ0v) is 10.6. The van der Waals surface area contributed by atoms with Gasteiger partial charge >= 0.3 is 0 Å². The van der Waals surface area contributed by atoms with E-state index in [4.69, 9.17) is 5.73 Å². The smallest absolute Gasteiger partial charge is 0.253 e. The number of carbonyl (C=O) groups excluding carboxylic acids is 1. The normalized spacial score (nSPS) is 23.7. The van der Waals surface area contributed by atoms with Crippen LogP contribution < -0.4 is 5.73 Å². The molecule has 1 aliphatic carbocycles. The highest BCUT2D eigenvalue weighted by atomic mass is 19.1. The molecule has 1 fully saturated rings. The third-order valence-electron chi connectivity index (χ3n) is 3.68. The Morgan fingerprint density at radius 3 is 2.61 bits per heavy atom. The number of carbonyl (C=O) groups is 1. The highest BCUT2D eigenvalue weighted by Crippen LogP contribution is 2.22.